The fourth-order valence-corrected chi connectivity index (χ4v) is 6.01. The molecule has 3 rings (SSSR count). The molecule has 5 nitrogen and oxygen atoms in total. The van der Waals surface area contributed by atoms with Crippen LogP contribution in [0.4, 0.5) is 0 Å². The highest BCUT2D eigenvalue weighted by Crippen LogP contribution is 2.29. The lowest BCUT2D eigenvalue weighted by molar-refractivity contribution is -0.134. The molecule has 0 aromatic carbocycles. The monoisotopic (exact) mass is 421 g/mol. The molecule has 1 fully saturated rings. The van der Waals surface area contributed by atoms with Gasteiger partial charge in [-0.3, -0.25) is 14.2 Å². The van der Waals surface area contributed by atoms with E-state index in [1.807, 2.05) is 18.7 Å². The summed E-state index contributed by atoms with van der Waals surface area (Å²) in [7, 11) is 0. The van der Waals surface area contributed by atoms with E-state index in [0.29, 0.717) is 23.4 Å². The summed E-state index contributed by atoms with van der Waals surface area (Å²) in [5.41, 5.74) is 1.05. The molecule has 1 aliphatic heterocycles. The number of piperidine rings is 1. The van der Waals surface area contributed by atoms with Gasteiger partial charge in [0.25, 0.3) is 5.56 Å². The van der Waals surface area contributed by atoms with E-state index in [9.17, 15) is 9.59 Å². The van der Waals surface area contributed by atoms with Gasteiger partial charge in [0, 0.05) is 23.5 Å². The van der Waals surface area contributed by atoms with Crippen LogP contribution in [-0.4, -0.2) is 38.2 Å². The molecule has 0 N–H and O–H groups in total. The highest BCUT2D eigenvalue weighted by atomic mass is 32.2. The number of hydrogen-bond acceptors (Lipinski definition) is 5. The molecule has 154 valence electrons. The number of likely N-dealkylation sites (tertiary alicyclic amines) is 1. The van der Waals surface area contributed by atoms with Crippen molar-refractivity contribution >= 4 is 39.2 Å². The SMILES string of the molecule is Cc1sc2nc(SCC(=O)N3[C@H](C)CCC[C@H]3C)n(CC(C)C)c(=O)c2c1C. The van der Waals surface area contributed by atoms with Crippen LogP contribution in [-0.2, 0) is 11.3 Å². The van der Waals surface area contributed by atoms with Crippen LogP contribution in [0.1, 0.15) is 57.4 Å². The summed E-state index contributed by atoms with van der Waals surface area (Å²) in [5.74, 6) is 0.802. The number of rotatable bonds is 5. The molecule has 28 heavy (non-hydrogen) atoms. The van der Waals surface area contributed by atoms with E-state index in [0.717, 1.165) is 33.5 Å². The summed E-state index contributed by atoms with van der Waals surface area (Å²) < 4.78 is 1.77. The van der Waals surface area contributed by atoms with Gasteiger partial charge in [0.15, 0.2) is 5.16 Å². The van der Waals surface area contributed by atoms with Crippen molar-refractivity contribution in [1.29, 1.82) is 0 Å². The Hall–Kier alpha value is -1.34. The molecule has 0 radical (unpaired) electrons. The largest absolute Gasteiger partial charge is 0.337 e. The highest BCUT2D eigenvalue weighted by molar-refractivity contribution is 7.99. The summed E-state index contributed by atoms with van der Waals surface area (Å²) in [5, 5.41) is 1.40. The summed E-state index contributed by atoms with van der Waals surface area (Å²) in [4.78, 5) is 34.9. The number of nitrogens with zero attached hydrogens (tertiary/aromatic N) is 3. The van der Waals surface area contributed by atoms with E-state index >= 15 is 0 Å². The normalized spacial score (nSPS) is 20.3. The second-order valence-electron chi connectivity index (χ2n) is 8.39. The minimum absolute atomic E-state index is 0.0233. The van der Waals surface area contributed by atoms with E-state index in [-0.39, 0.29) is 23.6 Å². The van der Waals surface area contributed by atoms with E-state index < -0.39 is 0 Å². The lowest BCUT2D eigenvalue weighted by Crippen LogP contribution is -2.48. The highest BCUT2D eigenvalue weighted by Gasteiger charge is 2.29. The molecule has 0 unspecified atom stereocenters. The molecule has 1 amide bonds. The van der Waals surface area contributed by atoms with Gasteiger partial charge in [-0.1, -0.05) is 25.6 Å². The second kappa shape index (κ2) is 8.57. The fraction of sp³-hybridized carbons (Fsp3) is 0.667. The average Bonchev–Trinajstić information content (AvgIpc) is 2.89. The fourth-order valence-electron chi connectivity index (χ4n) is 4.06. The zero-order valence-corrected chi connectivity index (χ0v) is 19.4. The summed E-state index contributed by atoms with van der Waals surface area (Å²) in [6.45, 7) is 13.1. The van der Waals surface area contributed by atoms with Gasteiger partial charge in [0.2, 0.25) is 5.91 Å². The van der Waals surface area contributed by atoms with Crippen molar-refractivity contribution in [2.75, 3.05) is 5.75 Å². The van der Waals surface area contributed by atoms with Gasteiger partial charge < -0.3 is 4.90 Å². The summed E-state index contributed by atoms with van der Waals surface area (Å²) in [6.07, 6.45) is 3.32. The van der Waals surface area contributed by atoms with Crippen LogP contribution in [0, 0.1) is 19.8 Å². The first kappa shape index (κ1) is 21.4. The predicted molar refractivity (Wildman–Crippen MR) is 119 cm³/mol. The number of amides is 1. The topological polar surface area (TPSA) is 55.2 Å². The number of hydrogen-bond donors (Lipinski definition) is 0. The number of fused-ring (bicyclic) bond motifs is 1. The first-order chi connectivity index (χ1) is 13.2. The molecule has 0 bridgehead atoms. The van der Waals surface area contributed by atoms with Gasteiger partial charge in [-0.15, -0.1) is 11.3 Å². The Balaban J connectivity index is 1.91. The van der Waals surface area contributed by atoms with Gasteiger partial charge >= 0.3 is 0 Å². The third-order valence-electron chi connectivity index (χ3n) is 5.61. The van der Waals surface area contributed by atoms with Crippen LogP contribution in [0.2, 0.25) is 0 Å². The molecular weight excluding hydrogens is 390 g/mol. The molecule has 0 saturated carbocycles. The maximum atomic E-state index is 13.2. The predicted octanol–water partition coefficient (Wildman–Crippen LogP) is 4.61. The number of carbonyl (C=O) groups excluding carboxylic acids is 1. The molecule has 2 atom stereocenters. The zero-order valence-electron chi connectivity index (χ0n) is 17.7. The molecule has 0 spiro atoms. The number of carbonyl (C=O) groups is 1. The minimum Gasteiger partial charge on any atom is -0.337 e. The van der Waals surface area contributed by atoms with E-state index in [4.69, 9.17) is 4.98 Å². The van der Waals surface area contributed by atoms with Crippen LogP contribution in [0.5, 0.6) is 0 Å². The first-order valence-electron chi connectivity index (χ1n) is 10.1. The maximum absolute atomic E-state index is 13.2. The maximum Gasteiger partial charge on any atom is 0.263 e. The van der Waals surface area contributed by atoms with Gasteiger partial charge in [0.05, 0.1) is 11.1 Å². The van der Waals surface area contributed by atoms with Crippen molar-refractivity contribution in [2.45, 2.75) is 84.6 Å². The van der Waals surface area contributed by atoms with Crippen molar-refractivity contribution in [3.8, 4) is 0 Å². The van der Waals surface area contributed by atoms with Crippen LogP contribution in [0.3, 0.4) is 0 Å². The van der Waals surface area contributed by atoms with Crippen molar-refractivity contribution in [1.82, 2.24) is 14.5 Å². The molecule has 2 aromatic heterocycles. The average molecular weight is 422 g/mol. The molecule has 7 heteroatoms. The van der Waals surface area contributed by atoms with Gasteiger partial charge in [-0.2, -0.15) is 0 Å². The third-order valence-corrected chi connectivity index (χ3v) is 7.67. The second-order valence-corrected chi connectivity index (χ2v) is 10.5. The van der Waals surface area contributed by atoms with Gasteiger partial charge in [0.1, 0.15) is 4.83 Å². The Labute approximate surface area is 175 Å². The molecule has 1 saturated heterocycles. The van der Waals surface area contributed by atoms with E-state index in [1.54, 1.807) is 15.9 Å². The number of thioether (sulfide) groups is 1. The molecule has 2 aromatic rings. The van der Waals surface area contributed by atoms with Crippen LogP contribution in [0.25, 0.3) is 10.2 Å². The standard InChI is InChI=1S/C21H31N3O2S2/c1-12(2)10-23-20(26)18-15(5)16(6)28-19(18)22-21(23)27-11-17(25)24-13(3)8-7-9-14(24)4/h12-14H,7-11H2,1-6H3/t13-,14-/m1/s1. The Morgan fingerprint density at radius 1 is 1.25 bits per heavy atom. The Morgan fingerprint density at radius 2 is 1.89 bits per heavy atom. The zero-order chi connectivity index (χ0) is 20.6. The van der Waals surface area contributed by atoms with Crippen molar-refractivity contribution in [3.63, 3.8) is 0 Å². The van der Waals surface area contributed by atoms with E-state index in [2.05, 4.69) is 27.7 Å². The van der Waals surface area contributed by atoms with Crippen LogP contribution >= 0.6 is 23.1 Å². The summed E-state index contributed by atoms with van der Waals surface area (Å²) in [6, 6.07) is 0.570. The number of aromatic nitrogens is 2. The minimum atomic E-state index is 0.0233. The van der Waals surface area contributed by atoms with Gasteiger partial charge in [-0.05, 0) is 58.4 Å². The molecule has 1 aliphatic rings. The molecule has 3 heterocycles. The Kier molecular flexibility index (Phi) is 6.54. The third kappa shape index (κ3) is 4.15. The molecule has 0 aliphatic carbocycles. The van der Waals surface area contributed by atoms with Crippen LogP contribution < -0.4 is 5.56 Å². The lowest BCUT2D eigenvalue weighted by atomic mass is 9.98. The summed E-state index contributed by atoms with van der Waals surface area (Å²) >= 11 is 2.97. The van der Waals surface area contributed by atoms with Crippen molar-refractivity contribution in [2.24, 2.45) is 5.92 Å². The smallest absolute Gasteiger partial charge is 0.263 e. The van der Waals surface area contributed by atoms with Crippen molar-refractivity contribution < 1.29 is 4.79 Å². The van der Waals surface area contributed by atoms with Crippen LogP contribution in [0.15, 0.2) is 9.95 Å². The Morgan fingerprint density at radius 3 is 2.50 bits per heavy atom. The van der Waals surface area contributed by atoms with E-state index in [1.165, 1.54) is 18.2 Å². The molecular formula is C21H31N3O2S2. The van der Waals surface area contributed by atoms with Gasteiger partial charge in [-0.25, -0.2) is 4.98 Å². The lowest BCUT2D eigenvalue weighted by Gasteiger charge is -2.39. The Bertz CT molecular complexity index is 922. The first-order valence-corrected chi connectivity index (χ1v) is 11.9. The van der Waals surface area contributed by atoms with Crippen molar-refractivity contribution in [3.05, 3.63) is 20.8 Å². The number of aryl methyl sites for hydroxylation is 2. The number of thiophene rings is 1. The quantitative estimate of drug-likeness (QED) is 0.522.